The number of esters is 2. The van der Waals surface area contributed by atoms with Crippen LogP contribution in [0.1, 0.15) is 141 Å². The highest BCUT2D eigenvalue weighted by Gasteiger charge is 2.68. The maximum Gasteiger partial charge on any atom is 0.519 e. The number of carbonyl (C=O) groups is 6. The van der Waals surface area contributed by atoms with E-state index in [2.05, 4.69) is 9.80 Å². The minimum absolute atomic E-state index is 0.000441. The maximum absolute atomic E-state index is 16.6. The van der Waals surface area contributed by atoms with Crippen LogP contribution in [0.3, 0.4) is 0 Å². The summed E-state index contributed by atoms with van der Waals surface area (Å²) in [6.07, 6.45) is 8.67. The molecule has 6 heterocycles. The molecule has 30 nitrogen and oxygen atoms in total. The van der Waals surface area contributed by atoms with Crippen LogP contribution in [-0.2, 0) is 51.1 Å². The number of piperazine rings is 2. The highest BCUT2D eigenvalue weighted by molar-refractivity contribution is 6.02. The minimum atomic E-state index is -2.11. The Labute approximate surface area is 615 Å². The van der Waals surface area contributed by atoms with Crippen LogP contribution in [0.5, 0.6) is 11.5 Å². The molecular formula is C76H85F2N6O24. The van der Waals surface area contributed by atoms with Crippen molar-refractivity contribution in [3.8, 4) is 11.5 Å². The number of ketones is 2. The van der Waals surface area contributed by atoms with Gasteiger partial charge in [-0.2, -0.15) is 0 Å². The van der Waals surface area contributed by atoms with E-state index >= 15 is 8.78 Å². The fourth-order valence-electron chi connectivity index (χ4n) is 17.8. The van der Waals surface area contributed by atoms with E-state index in [1.54, 1.807) is 45.8 Å². The summed E-state index contributed by atoms with van der Waals surface area (Å²) < 4.78 is 100. The number of fused-ring (bicyclic) bond motifs is 7. The Kier molecular flexibility index (Phi) is 20.3. The molecule has 6 aliphatic carbocycles. The average Bonchev–Trinajstić information content (AvgIpc) is 1.49. The van der Waals surface area contributed by atoms with Gasteiger partial charge in [0.05, 0.1) is 55.2 Å². The zero-order valence-electron chi connectivity index (χ0n) is 61.0. The first-order valence-corrected chi connectivity index (χ1v) is 36.3. The lowest BCUT2D eigenvalue weighted by atomic mass is 9.46. The SMILES string of the molecule is COc1c(N2CCN(Cc3oc(=O)oc3C)C(C)C2)c(F)cc2c(=O)c(C(=O)OCOC(=O)OCC([CH]C(=O)[C@]3(O)CC[C@@H]4[C@H]5CCC6=CC(=O)C=C[C@@]6(C)C5[C@H](O)C[C@]43C)COC(=O)OCOC(=O)c3cn(C4CC4)c4c(OC)c(N5CCN(Cc6oc(=O)oc6C)C(C)C5)c(F)cc4c3=O)cn(C3CC3)c12. The number of methoxy groups -OCH3 is 2. The van der Waals surface area contributed by atoms with Gasteiger partial charge in [-0.1, -0.05) is 25.5 Å². The zero-order valence-corrected chi connectivity index (χ0v) is 61.0. The molecule has 9 atom stereocenters. The number of ether oxygens (including phenoxy) is 8. The highest BCUT2D eigenvalue weighted by Crippen LogP contribution is 2.67. The normalized spacial score (nSPS) is 25.9. The van der Waals surface area contributed by atoms with Crippen molar-refractivity contribution in [3.63, 3.8) is 0 Å². The summed E-state index contributed by atoms with van der Waals surface area (Å²) in [6, 6.07) is 1.29. The number of benzene rings is 2. The molecule has 32 heteroatoms. The number of hydrogen-bond acceptors (Lipinski definition) is 28. The van der Waals surface area contributed by atoms with Crippen molar-refractivity contribution in [1.82, 2.24) is 18.9 Å². The Morgan fingerprint density at radius 1 is 0.657 bits per heavy atom. The predicted octanol–water partition coefficient (Wildman–Crippen LogP) is 8.05. The van der Waals surface area contributed by atoms with Crippen LogP contribution >= 0.6 is 0 Å². The van der Waals surface area contributed by atoms with E-state index < -0.39 is 131 Å². The van der Waals surface area contributed by atoms with E-state index in [0.717, 1.165) is 24.1 Å². The van der Waals surface area contributed by atoms with Crippen LogP contribution in [0, 0.1) is 66.4 Å². The second kappa shape index (κ2) is 29.2. The number of allylic oxidation sites excluding steroid dienone is 4. The molecule has 0 spiro atoms. The summed E-state index contributed by atoms with van der Waals surface area (Å²) in [5.41, 5.74) is -5.24. The molecule has 2 saturated heterocycles. The van der Waals surface area contributed by atoms with Crippen molar-refractivity contribution >= 4 is 69.0 Å². The van der Waals surface area contributed by atoms with Gasteiger partial charge in [-0.15, -0.1) is 0 Å². The minimum Gasteiger partial charge on any atom is -0.492 e. The topological polar surface area (TPSA) is 360 Å². The summed E-state index contributed by atoms with van der Waals surface area (Å²) >= 11 is 0. The second-order valence-electron chi connectivity index (χ2n) is 30.1. The van der Waals surface area contributed by atoms with Crippen molar-refractivity contribution < 1.29 is 103 Å². The van der Waals surface area contributed by atoms with E-state index in [1.165, 1.54) is 32.7 Å². The molecule has 2 aromatic carbocycles. The summed E-state index contributed by atoms with van der Waals surface area (Å²) in [5, 5.41) is 24.4. The molecule has 0 bridgehead atoms. The van der Waals surface area contributed by atoms with Gasteiger partial charge in [-0.3, -0.25) is 29.0 Å². The molecule has 6 aromatic rings. The number of carbonyl (C=O) groups excluding carboxylic acids is 6. The molecule has 577 valence electrons. The first kappa shape index (κ1) is 74.9. The Morgan fingerprint density at radius 3 is 1.57 bits per heavy atom. The molecule has 0 amide bonds. The number of anilines is 2. The average molecular weight is 1500 g/mol. The summed E-state index contributed by atoms with van der Waals surface area (Å²) in [6.45, 7) is 9.72. The lowest BCUT2D eigenvalue weighted by molar-refractivity contribution is -0.174. The van der Waals surface area contributed by atoms with Crippen molar-refractivity contribution in [2.24, 2.45) is 34.5 Å². The molecule has 3 unspecified atom stereocenters. The van der Waals surface area contributed by atoms with Crippen molar-refractivity contribution in [2.45, 2.75) is 148 Å². The Hall–Kier alpha value is -9.92. The van der Waals surface area contributed by atoms with E-state index in [-0.39, 0.29) is 118 Å². The fourth-order valence-corrected chi connectivity index (χ4v) is 17.8. The quantitative estimate of drug-likeness (QED) is 0.0348. The molecule has 14 rings (SSSR count). The number of halogens is 2. The summed E-state index contributed by atoms with van der Waals surface area (Å²) in [5.74, 6) is -7.26. The smallest absolute Gasteiger partial charge is 0.492 e. The van der Waals surface area contributed by atoms with Crippen molar-refractivity contribution in [3.05, 3.63) is 142 Å². The van der Waals surface area contributed by atoms with Crippen LogP contribution in [-0.4, -0.2) is 169 Å². The van der Waals surface area contributed by atoms with Crippen molar-refractivity contribution in [2.75, 3.05) is 90.1 Å². The van der Waals surface area contributed by atoms with Crippen LogP contribution < -0.4 is 41.8 Å². The first-order chi connectivity index (χ1) is 51.5. The number of nitrogens with zero attached hydrogens (tertiary/aromatic N) is 6. The van der Waals surface area contributed by atoms with Crippen LogP contribution in [0.2, 0.25) is 0 Å². The molecule has 2 aliphatic heterocycles. The molecule has 5 saturated carbocycles. The number of aromatic nitrogens is 2. The molecule has 1 radical (unpaired) electrons. The van der Waals surface area contributed by atoms with Gasteiger partial charge in [0.1, 0.15) is 52.8 Å². The molecule has 2 N–H and O–H groups in total. The molecule has 7 fully saturated rings. The van der Waals surface area contributed by atoms with Gasteiger partial charge in [0.25, 0.3) is 0 Å². The third-order valence-corrected chi connectivity index (χ3v) is 23.7. The number of rotatable bonds is 23. The first-order valence-electron chi connectivity index (χ1n) is 36.3. The number of Topliss-reactive ketones (excluding diaryl/α,β-unsaturated/α-hetero) is 1. The zero-order chi connectivity index (χ0) is 76.7. The third kappa shape index (κ3) is 13.8. The maximum atomic E-state index is 16.6. The Bertz CT molecular complexity index is 4700. The molecule has 8 aliphatic rings. The van der Waals surface area contributed by atoms with Gasteiger partial charge in [0, 0.05) is 105 Å². The number of pyridine rings is 2. The van der Waals surface area contributed by atoms with E-state index in [4.69, 9.17) is 55.6 Å². The third-order valence-electron chi connectivity index (χ3n) is 23.7. The van der Waals surface area contributed by atoms with Gasteiger partial charge in [0.15, 0.2) is 46.2 Å². The monoisotopic (exact) mass is 1500 g/mol. The standard InChI is InChI=1S/C76H85F2N6O24/c1-38-28-81(21-19-79(38)32-56-40(3)105-72(94)107-56)62-53(77)25-48-60(66(62)97-7)83(44-10-11-44)30-50(64(48)88)68(90)101-36-103-70(92)99-34-42(23-58(87)76(96)18-16-52-47-14-9-43-24-46(85)15-17-74(43,5)59(47)55(86)27-75(52,76)6)35-100-71(93)104-37-102-69(91)51-31-84(45-12-13-45)61-49(65(51)89)26-54(78)63(67(61)98-8)82-22-20-80(39(2)29-82)33-57-41(4)106-73(95)108-57/h15,17,23-26,30-31,38-39,42,44-45,47,52,55,59,86,96H,9-14,16,18-22,27-29,32-37H2,1-8H3/t38?,39?,42?,47-,52-,55-,59?,74-,75-,76-/m1/s1. The van der Waals surface area contributed by atoms with Crippen LogP contribution in [0.15, 0.2) is 85.2 Å². The van der Waals surface area contributed by atoms with Gasteiger partial charge in [-0.25, -0.2) is 37.5 Å². The van der Waals surface area contributed by atoms with E-state index in [1.807, 2.05) is 26.8 Å². The van der Waals surface area contributed by atoms with E-state index in [0.29, 0.717) is 107 Å². The number of aliphatic hydroxyl groups is 2. The van der Waals surface area contributed by atoms with Gasteiger partial charge >= 0.3 is 35.9 Å². The molecule has 108 heavy (non-hydrogen) atoms. The van der Waals surface area contributed by atoms with Gasteiger partial charge < -0.3 is 84.7 Å². The predicted molar refractivity (Wildman–Crippen MR) is 375 cm³/mol. The van der Waals surface area contributed by atoms with Gasteiger partial charge in [-0.05, 0) is 122 Å². The second-order valence-corrected chi connectivity index (χ2v) is 30.1. The Morgan fingerprint density at radius 2 is 1.14 bits per heavy atom. The lowest BCUT2D eigenvalue weighted by Gasteiger charge is -2.59. The fraction of sp³-hybridized carbons (Fsp3) is 0.539. The number of aryl methyl sites for hydroxylation is 2. The number of aliphatic hydroxyl groups excluding tert-OH is 1. The van der Waals surface area contributed by atoms with Crippen molar-refractivity contribution in [1.29, 1.82) is 0 Å². The lowest BCUT2D eigenvalue weighted by Crippen LogP contribution is -2.61. The van der Waals surface area contributed by atoms with Crippen LogP contribution in [0.4, 0.5) is 29.7 Å². The largest absolute Gasteiger partial charge is 0.519 e. The highest BCUT2D eigenvalue weighted by atomic mass is 19.1. The summed E-state index contributed by atoms with van der Waals surface area (Å²) in [4.78, 5) is 142. The van der Waals surface area contributed by atoms with Gasteiger partial charge in [0.2, 0.25) is 24.4 Å². The molecule has 4 aromatic heterocycles. The molecular weight excluding hydrogens is 1420 g/mol. The number of hydrogen-bond donors (Lipinski definition) is 2. The summed E-state index contributed by atoms with van der Waals surface area (Å²) in [7, 11) is 2.70. The Balaban J connectivity index is 0.642. The van der Waals surface area contributed by atoms with Crippen LogP contribution in [0.25, 0.3) is 21.8 Å². The van der Waals surface area contributed by atoms with E-state index in [9.17, 15) is 58.2 Å².